The smallest absolute Gasteiger partial charge is 0.258 e. The Hall–Kier alpha value is -3.00. The van der Waals surface area contributed by atoms with Gasteiger partial charge in [-0.2, -0.15) is 0 Å². The van der Waals surface area contributed by atoms with Crippen LogP contribution in [0.1, 0.15) is 26.2 Å². The summed E-state index contributed by atoms with van der Waals surface area (Å²) in [6, 6.07) is 4.64. The van der Waals surface area contributed by atoms with Gasteiger partial charge in [0.05, 0.1) is 30.9 Å². The molecule has 0 amide bonds. The molecule has 0 radical (unpaired) electrons. The molecule has 7 nitrogen and oxygen atoms in total. The number of methoxy groups -OCH3 is 1. The molecule has 2 heterocycles. The van der Waals surface area contributed by atoms with Crippen molar-refractivity contribution < 1.29 is 14.2 Å². The molecule has 154 valence electrons. The van der Waals surface area contributed by atoms with Crippen LogP contribution in [0.4, 0.5) is 10.2 Å². The summed E-state index contributed by atoms with van der Waals surface area (Å²) in [5.41, 5.74) is -0.0136. The van der Waals surface area contributed by atoms with E-state index in [-0.39, 0.29) is 30.1 Å². The number of aryl methyl sites for hydroxylation is 1. The molecule has 0 fully saturated rings. The van der Waals surface area contributed by atoms with Gasteiger partial charge in [-0.3, -0.25) is 4.79 Å². The fourth-order valence-electron chi connectivity index (χ4n) is 3.14. The highest BCUT2D eigenvalue weighted by atomic mass is 19.1. The second-order valence-corrected chi connectivity index (χ2v) is 6.70. The van der Waals surface area contributed by atoms with Crippen molar-refractivity contribution in [3.05, 3.63) is 46.8 Å². The molecule has 0 aliphatic rings. The monoisotopic (exact) mass is 400 g/mol. The van der Waals surface area contributed by atoms with Gasteiger partial charge >= 0.3 is 0 Å². The largest absolute Gasteiger partial charge is 0.491 e. The molecule has 0 atom stereocenters. The minimum Gasteiger partial charge on any atom is -0.491 e. The summed E-state index contributed by atoms with van der Waals surface area (Å²) in [5, 5.41) is 12.9. The quantitative estimate of drug-likeness (QED) is 0.536. The van der Waals surface area contributed by atoms with Crippen molar-refractivity contribution in [3.8, 4) is 17.1 Å². The molecule has 0 saturated carbocycles. The van der Waals surface area contributed by atoms with Crippen LogP contribution in [0, 0.1) is 5.82 Å². The highest BCUT2D eigenvalue weighted by molar-refractivity contribution is 5.86. The molecule has 0 unspecified atom stereocenters. The number of hydrogen-bond acceptors (Lipinski definition) is 6. The van der Waals surface area contributed by atoms with Crippen molar-refractivity contribution in [1.82, 2.24) is 14.5 Å². The third kappa shape index (κ3) is 4.54. The van der Waals surface area contributed by atoms with Crippen molar-refractivity contribution in [2.45, 2.75) is 32.7 Å². The van der Waals surface area contributed by atoms with E-state index < -0.39 is 5.82 Å². The lowest BCUT2D eigenvalue weighted by Gasteiger charge is -2.12. The Kier molecular flexibility index (Phi) is 6.77. The maximum Gasteiger partial charge on any atom is 0.258 e. The molecule has 2 aromatic heterocycles. The lowest BCUT2D eigenvalue weighted by Crippen LogP contribution is -2.19. The van der Waals surface area contributed by atoms with E-state index in [1.54, 1.807) is 22.9 Å². The van der Waals surface area contributed by atoms with Crippen molar-refractivity contribution >= 4 is 16.6 Å². The normalized spacial score (nSPS) is 11.0. The van der Waals surface area contributed by atoms with Crippen LogP contribution in [-0.4, -0.2) is 39.9 Å². The van der Waals surface area contributed by atoms with Crippen LogP contribution in [-0.2, 0) is 6.54 Å². The summed E-state index contributed by atoms with van der Waals surface area (Å²) in [7, 11) is 1.48. The second-order valence-electron chi connectivity index (χ2n) is 6.70. The molecule has 0 aliphatic heterocycles. The number of fused-ring (bicyclic) bond motifs is 1. The first-order chi connectivity index (χ1) is 14.1. The number of nitrogens with one attached hydrogen (secondary N) is 1. The summed E-state index contributed by atoms with van der Waals surface area (Å²) < 4.78 is 21.7. The number of anilines is 1. The van der Waals surface area contributed by atoms with Gasteiger partial charge in [-0.05, 0) is 30.0 Å². The van der Waals surface area contributed by atoms with E-state index in [0.29, 0.717) is 28.9 Å². The van der Waals surface area contributed by atoms with Crippen molar-refractivity contribution in [3.63, 3.8) is 0 Å². The van der Waals surface area contributed by atoms with E-state index in [1.807, 2.05) is 0 Å². The van der Waals surface area contributed by atoms with Crippen LogP contribution < -0.4 is 15.6 Å². The van der Waals surface area contributed by atoms with Gasteiger partial charge in [-0.1, -0.05) is 19.8 Å². The molecule has 1 aromatic carbocycles. The number of aliphatic hydroxyl groups is 1. The first kappa shape index (κ1) is 20.7. The molecule has 0 saturated heterocycles. The maximum absolute atomic E-state index is 14.9. The summed E-state index contributed by atoms with van der Waals surface area (Å²) in [5.74, 6) is 0.340. The predicted octanol–water partition coefficient (Wildman–Crippen LogP) is 3.20. The molecule has 3 aromatic rings. The number of rotatable bonds is 9. The molecule has 2 N–H and O–H groups in total. The molecule has 0 spiro atoms. The first-order valence-corrected chi connectivity index (χ1v) is 9.67. The zero-order valence-electron chi connectivity index (χ0n) is 16.6. The van der Waals surface area contributed by atoms with E-state index in [0.717, 1.165) is 19.3 Å². The lowest BCUT2D eigenvalue weighted by molar-refractivity contribution is 0.310. The fraction of sp³-hybridized carbons (Fsp3) is 0.381. The molecule has 8 heteroatoms. The number of unbranched alkanes of at least 4 members (excludes halogenated alkanes) is 2. The molecule has 0 aliphatic carbocycles. The highest BCUT2D eigenvalue weighted by Crippen LogP contribution is 2.28. The average molecular weight is 400 g/mol. The number of hydrogen-bond donors (Lipinski definition) is 2. The standard InChI is InChI=1S/C21H25FN4O3/c1-3-4-5-8-26-9-6-14-11-16(17(22)12-15(14)21(26)28)19-24-13-18(29-2)20(25-19)23-7-10-27/h6,9,11-13,27H,3-5,7-8,10H2,1-2H3,(H,23,24,25). The Morgan fingerprint density at radius 2 is 2.14 bits per heavy atom. The Bertz CT molecular complexity index is 1050. The van der Waals surface area contributed by atoms with Crippen molar-refractivity contribution in [1.29, 1.82) is 0 Å². The van der Waals surface area contributed by atoms with E-state index in [2.05, 4.69) is 22.2 Å². The number of aromatic nitrogens is 3. The van der Waals surface area contributed by atoms with Crippen LogP contribution in [0.5, 0.6) is 5.75 Å². The highest BCUT2D eigenvalue weighted by Gasteiger charge is 2.15. The summed E-state index contributed by atoms with van der Waals surface area (Å²) >= 11 is 0. The van der Waals surface area contributed by atoms with Crippen LogP contribution >= 0.6 is 0 Å². The Morgan fingerprint density at radius 1 is 1.31 bits per heavy atom. The van der Waals surface area contributed by atoms with E-state index in [9.17, 15) is 9.18 Å². The lowest BCUT2D eigenvalue weighted by atomic mass is 10.1. The van der Waals surface area contributed by atoms with Crippen LogP contribution in [0.3, 0.4) is 0 Å². The van der Waals surface area contributed by atoms with Gasteiger partial charge in [0.15, 0.2) is 17.4 Å². The predicted molar refractivity (Wildman–Crippen MR) is 111 cm³/mol. The molecule has 29 heavy (non-hydrogen) atoms. The minimum atomic E-state index is -0.570. The number of ether oxygens (including phenoxy) is 1. The first-order valence-electron chi connectivity index (χ1n) is 9.67. The number of pyridine rings is 1. The van der Waals surface area contributed by atoms with Crippen LogP contribution in [0.2, 0.25) is 0 Å². The Morgan fingerprint density at radius 3 is 2.86 bits per heavy atom. The summed E-state index contributed by atoms with van der Waals surface area (Å²) in [4.78, 5) is 21.2. The minimum absolute atomic E-state index is 0.0860. The van der Waals surface area contributed by atoms with Gasteiger partial charge in [0.1, 0.15) is 5.82 Å². The Balaban J connectivity index is 2.01. The number of halogens is 1. The van der Waals surface area contributed by atoms with Crippen molar-refractivity contribution in [2.24, 2.45) is 0 Å². The average Bonchev–Trinajstić information content (AvgIpc) is 2.74. The van der Waals surface area contributed by atoms with E-state index in [1.165, 1.54) is 19.4 Å². The second kappa shape index (κ2) is 9.47. The topological polar surface area (TPSA) is 89.3 Å². The van der Waals surface area contributed by atoms with E-state index >= 15 is 0 Å². The van der Waals surface area contributed by atoms with E-state index in [4.69, 9.17) is 9.84 Å². The summed E-state index contributed by atoms with van der Waals surface area (Å²) in [6.07, 6.45) is 6.20. The van der Waals surface area contributed by atoms with Gasteiger partial charge in [-0.15, -0.1) is 0 Å². The molecular weight excluding hydrogens is 375 g/mol. The SMILES string of the molecule is CCCCCn1ccc2cc(-c3ncc(OC)c(NCCO)n3)c(F)cc2c1=O. The Labute approximate surface area is 168 Å². The maximum atomic E-state index is 14.9. The van der Waals surface area contributed by atoms with Gasteiger partial charge in [0, 0.05) is 19.3 Å². The van der Waals surface area contributed by atoms with Gasteiger partial charge < -0.3 is 19.7 Å². The molecule has 0 bridgehead atoms. The van der Waals surface area contributed by atoms with Crippen molar-refractivity contribution in [2.75, 3.05) is 25.6 Å². The number of nitrogens with zero attached hydrogens (tertiary/aromatic N) is 3. The van der Waals surface area contributed by atoms with Crippen LogP contribution in [0.15, 0.2) is 35.4 Å². The zero-order chi connectivity index (χ0) is 20.8. The number of aliphatic hydroxyl groups excluding tert-OH is 1. The summed E-state index contributed by atoms with van der Waals surface area (Å²) in [6.45, 7) is 2.90. The third-order valence-corrected chi connectivity index (χ3v) is 4.69. The van der Waals surface area contributed by atoms with Gasteiger partial charge in [-0.25, -0.2) is 14.4 Å². The zero-order valence-corrected chi connectivity index (χ0v) is 16.6. The fourth-order valence-corrected chi connectivity index (χ4v) is 3.14. The van der Waals surface area contributed by atoms with Gasteiger partial charge in [0.25, 0.3) is 5.56 Å². The van der Waals surface area contributed by atoms with Crippen LogP contribution in [0.25, 0.3) is 22.2 Å². The number of benzene rings is 1. The molecular formula is C21H25FN4O3. The van der Waals surface area contributed by atoms with Gasteiger partial charge in [0.2, 0.25) is 0 Å². The third-order valence-electron chi connectivity index (χ3n) is 4.69. The molecule has 3 rings (SSSR count).